The van der Waals surface area contributed by atoms with E-state index in [1.165, 1.54) is 16.3 Å². The molecule has 0 heterocycles. The summed E-state index contributed by atoms with van der Waals surface area (Å²) in [4.78, 5) is 4.21. The SMILES string of the molecule is CCCNC(=NC)NCCc1cccc2ccccc12. The molecule has 3 heteroatoms. The monoisotopic (exact) mass is 269 g/mol. The Balaban J connectivity index is 1.96. The number of nitrogens with one attached hydrogen (secondary N) is 2. The molecule has 0 spiro atoms. The van der Waals surface area contributed by atoms with E-state index in [1.807, 2.05) is 7.05 Å². The van der Waals surface area contributed by atoms with Gasteiger partial charge in [-0.2, -0.15) is 0 Å². The van der Waals surface area contributed by atoms with Gasteiger partial charge in [0.2, 0.25) is 0 Å². The number of nitrogens with zero attached hydrogens (tertiary/aromatic N) is 1. The van der Waals surface area contributed by atoms with E-state index in [0.717, 1.165) is 31.9 Å². The van der Waals surface area contributed by atoms with E-state index >= 15 is 0 Å². The molecular formula is C17H23N3. The number of hydrogen-bond acceptors (Lipinski definition) is 1. The summed E-state index contributed by atoms with van der Waals surface area (Å²) in [5.41, 5.74) is 1.38. The van der Waals surface area contributed by atoms with Crippen molar-refractivity contribution in [3.63, 3.8) is 0 Å². The van der Waals surface area contributed by atoms with Gasteiger partial charge in [-0.25, -0.2) is 0 Å². The maximum atomic E-state index is 4.21. The van der Waals surface area contributed by atoms with Crippen LogP contribution in [0.2, 0.25) is 0 Å². The van der Waals surface area contributed by atoms with Crippen LogP contribution in [0.1, 0.15) is 18.9 Å². The fourth-order valence-electron chi connectivity index (χ4n) is 2.29. The van der Waals surface area contributed by atoms with Crippen molar-refractivity contribution < 1.29 is 0 Å². The maximum absolute atomic E-state index is 4.21. The Morgan fingerprint density at radius 2 is 1.75 bits per heavy atom. The molecule has 2 rings (SSSR count). The first-order valence-corrected chi connectivity index (χ1v) is 7.26. The zero-order chi connectivity index (χ0) is 14.2. The molecule has 2 aromatic carbocycles. The minimum absolute atomic E-state index is 0.882. The molecule has 0 bridgehead atoms. The van der Waals surface area contributed by atoms with Gasteiger partial charge in [0.05, 0.1) is 0 Å². The summed E-state index contributed by atoms with van der Waals surface area (Å²) in [5, 5.41) is 9.28. The van der Waals surface area contributed by atoms with Crippen LogP contribution in [-0.4, -0.2) is 26.1 Å². The predicted octanol–water partition coefficient (Wildman–Crippen LogP) is 2.96. The van der Waals surface area contributed by atoms with Gasteiger partial charge >= 0.3 is 0 Å². The fraction of sp³-hybridized carbons (Fsp3) is 0.353. The van der Waals surface area contributed by atoms with Gasteiger partial charge in [-0.3, -0.25) is 4.99 Å². The normalized spacial score (nSPS) is 11.6. The fourth-order valence-corrected chi connectivity index (χ4v) is 2.29. The van der Waals surface area contributed by atoms with Crippen molar-refractivity contribution in [3.05, 3.63) is 48.0 Å². The van der Waals surface area contributed by atoms with Crippen molar-refractivity contribution in [2.45, 2.75) is 19.8 Å². The van der Waals surface area contributed by atoms with Crippen LogP contribution in [0.15, 0.2) is 47.5 Å². The molecule has 0 aliphatic heterocycles. The standard InChI is InChI=1S/C17H23N3/c1-3-12-19-17(18-2)20-13-11-15-9-6-8-14-7-4-5-10-16(14)15/h4-10H,3,11-13H2,1-2H3,(H2,18,19,20). The molecule has 0 amide bonds. The highest BCUT2D eigenvalue weighted by molar-refractivity contribution is 5.85. The van der Waals surface area contributed by atoms with Gasteiger partial charge < -0.3 is 10.6 Å². The van der Waals surface area contributed by atoms with E-state index in [0.29, 0.717) is 0 Å². The van der Waals surface area contributed by atoms with E-state index in [-0.39, 0.29) is 0 Å². The summed E-state index contributed by atoms with van der Waals surface area (Å²) in [5.74, 6) is 0.882. The van der Waals surface area contributed by atoms with E-state index in [4.69, 9.17) is 0 Å². The first-order valence-electron chi connectivity index (χ1n) is 7.26. The highest BCUT2D eigenvalue weighted by Gasteiger charge is 2.01. The minimum atomic E-state index is 0.882. The van der Waals surface area contributed by atoms with Gasteiger partial charge in [0.15, 0.2) is 5.96 Å². The maximum Gasteiger partial charge on any atom is 0.190 e. The molecular weight excluding hydrogens is 246 g/mol. The Labute approximate surface area is 121 Å². The highest BCUT2D eigenvalue weighted by atomic mass is 15.2. The lowest BCUT2D eigenvalue weighted by Gasteiger charge is -2.12. The molecule has 0 saturated heterocycles. The Hall–Kier alpha value is -2.03. The predicted molar refractivity (Wildman–Crippen MR) is 87.3 cm³/mol. The Bertz CT molecular complexity index is 570. The van der Waals surface area contributed by atoms with Crippen molar-refractivity contribution >= 4 is 16.7 Å². The second kappa shape index (κ2) is 7.53. The van der Waals surface area contributed by atoms with Crippen molar-refractivity contribution in [2.24, 2.45) is 4.99 Å². The Kier molecular flexibility index (Phi) is 5.42. The summed E-state index contributed by atoms with van der Waals surface area (Å²) < 4.78 is 0. The second-order valence-electron chi connectivity index (χ2n) is 4.81. The van der Waals surface area contributed by atoms with E-state index < -0.39 is 0 Å². The average Bonchev–Trinajstić information content (AvgIpc) is 2.51. The molecule has 0 aromatic heterocycles. The quantitative estimate of drug-likeness (QED) is 0.647. The Morgan fingerprint density at radius 1 is 1.00 bits per heavy atom. The lowest BCUT2D eigenvalue weighted by atomic mass is 10.0. The van der Waals surface area contributed by atoms with Crippen molar-refractivity contribution in [1.82, 2.24) is 10.6 Å². The summed E-state index contributed by atoms with van der Waals surface area (Å²) in [6, 6.07) is 15.0. The van der Waals surface area contributed by atoms with Crippen LogP contribution in [0.5, 0.6) is 0 Å². The molecule has 2 N–H and O–H groups in total. The molecule has 0 atom stereocenters. The van der Waals surface area contributed by atoms with Crippen LogP contribution in [0.3, 0.4) is 0 Å². The summed E-state index contributed by atoms with van der Waals surface area (Å²) >= 11 is 0. The van der Waals surface area contributed by atoms with Gasteiger partial charge in [-0.15, -0.1) is 0 Å². The van der Waals surface area contributed by atoms with Crippen molar-refractivity contribution in [2.75, 3.05) is 20.1 Å². The second-order valence-corrected chi connectivity index (χ2v) is 4.81. The van der Waals surface area contributed by atoms with E-state index in [9.17, 15) is 0 Å². The lowest BCUT2D eigenvalue weighted by molar-refractivity contribution is 0.775. The summed E-state index contributed by atoms with van der Waals surface area (Å²) in [6.07, 6.45) is 2.10. The molecule has 0 aliphatic rings. The van der Waals surface area contributed by atoms with Crippen LogP contribution in [0, 0.1) is 0 Å². The third-order valence-electron chi connectivity index (χ3n) is 3.33. The summed E-state index contributed by atoms with van der Waals surface area (Å²) in [7, 11) is 1.81. The molecule has 3 nitrogen and oxygen atoms in total. The molecule has 0 unspecified atom stereocenters. The van der Waals surface area contributed by atoms with Gasteiger partial charge in [-0.05, 0) is 29.2 Å². The van der Waals surface area contributed by atoms with E-state index in [1.54, 1.807) is 0 Å². The molecule has 2 aromatic rings. The first-order chi connectivity index (χ1) is 9.85. The molecule has 0 aliphatic carbocycles. The minimum Gasteiger partial charge on any atom is -0.356 e. The molecule has 0 saturated carbocycles. The number of fused-ring (bicyclic) bond motifs is 1. The van der Waals surface area contributed by atoms with Gasteiger partial charge in [0.1, 0.15) is 0 Å². The van der Waals surface area contributed by atoms with Gasteiger partial charge in [0, 0.05) is 20.1 Å². The third kappa shape index (κ3) is 3.73. The topological polar surface area (TPSA) is 36.4 Å². The first kappa shape index (κ1) is 14.4. The van der Waals surface area contributed by atoms with Crippen molar-refractivity contribution in [1.29, 1.82) is 0 Å². The smallest absolute Gasteiger partial charge is 0.190 e. The zero-order valence-electron chi connectivity index (χ0n) is 12.3. The summed E-state index contributed by atoms with van der Waals surface area (Å²) in [6.45, 7) is 3.99. The van der Waals surface area contributed by atoms with Gasteiger partial charge in [-0.1, -0.05) is 49.4 Å². The highest BCUT2D eigenvalue weighted by Crippen LogP contribution is 2.18. The van der Waals surface area contributed by atoms with Gasteiger partial charge in [0.25, 0.3) is 0 Å². The average molecular weight is 269 g/mol. The largest absolute Gasteiger partial charge is 0.356 e. The van der Waals surface area contributed by atoms with E-state index in [2.05, 4.69) is 65.0 Å². The molecule has 0 radical (unpaired) electrons. The van der Waals surface area contributed by atoms with Crippen LogP contribution in [-0.2, 0) is 6.42 Å². The lowest BCUT2D eigenvalue weighted by Crippen LogP contribution is -2.38. The van der Waals surface area contributed by atoms with Crippen LogP contribution in [0.25, 0.3) is 10.8 Å². The zero-order valence-corrected chi connectivity index (χ0v) is 12.3. The van der Waals surface area contributed by atoms with Crippen LogP contribution in [0.4, 0.5) is 0 Å². The number of guanidine groups is 1. The molecule has 20 heavy (non-hydrogen) atoms. The van der Waals surface area contributed by atoms with Crippen LogP contribution < -0.4 is 10.6 Å². The number of rotatable bonds is 5. The van der Waals surface area contributed by atoms with Crippen LogP contribution >= 0.6 is 0 Å². The number of aliphatic imine (C=N–C) groups is 1. The molecule has 0 fully saturated rings. The Morgan fingerprint density at radius 3 is 2.55 bits per heavy atom. The number of benzene rings is 2. The number of hydrogen-bond donors (Lipinski definition) is 2. The third-order valence-corrected chi connectivity index (χ3v) is 3.33. The molecule has 106 valence electrons. The van der Waals surface area contributed by atoms with Crippen molar-refractivity contribution in [3.8, 4) is 0 Å².